The number of rotatable bonds is 3. The van der Waals surface area contributed by atoms with Crippen LogP contribution in [0.4, 0.5) is 4.79 Å². The van der Waals surface area contributed by atoms with E-state index >= 15 is 0 Å². The van der Waals surface area contributed by atoms with Gasteiger partial charge >= 0.3 is 6.03 Å². The first-order valence-corrected chi connectivity index (χ1v) is 4.56. The first-order valence-electron chi connectivity index (χ1n) is 4.56. The van der Waals surface area contributed by atoms with E-state index in [4.69, 9.17) is 4.74 Å². The van der Waals surface area contributed by atoms with Crippen LogP contribution >= 0.6 is 0 Å². The van der Waals surface area contributed by atoms with Crippen LogP contribution in [0.25, 0.3) is 0 Å². The SMILES string of the molecule is CNCCN1C(=O)NC2(COC2)C1=O. The van der Waals surface area contributed by atoms with Crippen molar-refractivity contribution >= 4 is 11.9 Å². The summed E-state index contributed by atoms with van der Waals surface area (Å²) in [5.41, 5.74) is -0.745. The van der Waals surface area contributed by atoms with E-state index in [-0.39, 0.29) is 11.9 Å². The molecule has 78 valence electrons. The number of amides is 3. The molecule has 2 aliphatic rings. The lowest BCUT2D eigenvalue weighted by Crippen LogP contribution is -2.62. The molecule has 1 spiro atoms. The number of carbonyl (C=O) groups is 2. The highest BCUT2D eigenvalue weighted by Gasteiger charge is 2.56. The average Bonchev–Trinajstić information content (AvgIpc) is 2.35. The van der Waals surface area contributed by atoms with E-state index in [0.29, 0.717) is 26.3 Å². The molecule has 0 unspecified atom stereocenters. The van der Waals surface area contributed by atoms with Crippen molar-refractivity contribution in [3.63, 3.8) is 0 Å². The number of hydrogen-bond acceptors (Lipinski definition) is 4. The summed E-state index contributed by atoms with van der Waals surface area (Å²) in [6.07, 6.45) is 0. The van der Waals surface area contributed by atoms with E-state index in [1.807, 2.05) is 0 Å². The van der Waals surface area contributed by atoms with Gasteiger partial charge in [-0.1, -0.05) is 0 Å². The minimum atomic E-state index is -0.745. The molecular weight excluding hydrogens is 186 g/mol. The lowest BCUT2D eigenvalue weighted by molar-refractivity contribution is -0.147. The second kappa shape index (κ2) is 3.21. The summed E-state index contributed by atoms with van der Waals surface area (Å²) in [6, 6.07) is -0.312. The number of nitrogens with zero attached hydrogens (tertiary/aromatic N) is 1. The van der Waals surface area contributed by atoms with Crippen molar-refractivity contribution in [2.45, 2.75) is 5.54 Å². The fourth-order valence-electron chi connectivity index (χ4n) is 1.60. The average molecular weight is 199 g/mol. The number of likely N-dealkylation sites (N-methyl/N-ethyl adjacent to an activating group) is 1. The fourth-order valence-corrected chi connectivity index (χ4v) is 1.60. The Morgan fingerprint density at radius 2 is 2.29 bits per heavy atom. The number of ether oxygens (including phenoxy) is 1. The van der Waals surface area contributed by atoms with Crippen LogP contribution in [-0.4, -0.2) is 55.7 Å². The van der Waals surface area contributed by atoms with Crippen molar-refractivity contribution in [2.24, 2.45) is 0 Å². The summed E-state index contributed by atoms with van der Waals surface area (Å²) < 4.78 is 4.95. The molecule has 14 heavy (non-hydrogen) atoms. The Morgan fingerprint density at radius 1 is 1.57 bits per heavy atom. The molecule has 3 amide bonds. The van der Waals surface area contributed by atoms with Crippen molar-refractivity contribution < 1.29 is 14.3 Å². The van der Waals surface area contributed by atoms with Gasteiger partial charge in [-0.3, -0.25) is 9.69 Å². The van der Waals surface area contributed by atoms with Crippen LogP contribution in [0.5, 0.6) is 0 Å². The van der Waals surface area contributed by atoms with Crippen LogP contribution in [-0.2, 0) is 9.53 Å². The third-order valence-corrected chi connectivity index (χ3v) is 2.53. The van der Waals surface area contributed by atoms with Crippen LogP contribution in [0.3, 0.4) is 0 Å². The van der Waals surface area contributed by atoms with Crippen LogP contribution in [0, 0.1) is 0 Å². The van der Waals surface area contributed by atoms with Gasteiger partial charge < -0.3 is 15.4 Å². The van der Waals surface area contributed by atoms with Crippen molar-refractivity contribution in [3.8, 4) is 0 Å². The maximum absolute atomic E-state index is 11.8. The van der Waals surface area contributed by atoms with Crippen LogP contribution in [0.1, 0.15) is 0 Å². The zero-order valence-corrected chi connectivity index (χ0v) is 8.00. The fraction of sp³-hybridized carbons (Fsp3) is 0.750. The summed E-state index contributed by atoms with van der Waals surface area (Å²) in [4.78, 5) is 24.4. The van der Waals surface area contributed by atoms with Crippen LogP contribution < -0.4 is 10.6 Å². The first-order chi connectivity index (χ1) is 6.69. The highest BCUT2D eigenvalue weighted by molar-refractivity contribution is 6.07. The van der Waals surface area contributed by atoms with E-state index in [0.717, 1.165) is 0 Å². The highest BCUT2D eigenvalue weighted by atomic mass is 16.5. The van der Waals surface area contributed by atoms with E-state index in [9.17, 15) is 9.59 Å². The lowest BCUT2D eigenvalue weighted by Gasteiger charge is -2.34. The smallest absolute Gasteiger partial charge is 0.325 e. The number of hydrogen-bond donors (Lipinski definition) is 2. The quantitative estimate of drug-likeness (QED) is 0.544. The van der Waals surface area contributed by atoms with Gasteiger partial charge in [-0.2, -0.15) is 0 Å². The summed E-state index contributed by atoms with van der Waals surface area (Å²) in [5.74, 6) is -0.163. The van der Waals surface area contributed by atoms with Crippen molar-refractivity contribution in [1.29, 1.82) is 0 Å². The number of imide groups is 1. The minimum Gasteiger partial charge on any atom is -0.375 e. The Morgan fingerprint density at radius 3 is 2.71 bits per heavy atom. The third kappa shape index (κ3) is 1.18. The molecule has 0 aliphatic carbocycles. The van der Waals surface area contributed by atoms with Crippen LogP contribution in [0.2, 0.25) is 0 Å². The van der Waals surface area contributed by atoms with Gasteiger partial charge in [0.25, 0.3) is 5.91 Å². The van der Waals surface area contributed by atoms with E-state index < -0.39 is 5.54 Å². The molecule has 0 radical (unpaired) electrons. The molecule has 0 aromatic carbocycles. The van der Waals surface area contributed by atoms with Gasteiger partial charge in [0, 0.05) is 13.1 Å². The molecule has 0 aromatic rings. The highest BCUT2D eigenvalue weighted by Crippen LogP contribution is 2.25. The Bertz CT molecular complexity index is 275. The first kappa shape index (κ1) is 9.42. The molecule has 2 rings (SSSR count). The molecule has 0 aromatic heterocycles. The Hall–Kier alpha value is -1.14. The normalized spacial score (nSPS) is 23.9. The van der Waals surface area contributed by atoms with Crippen LogP contribution in [0.15, 0.2) is 0 Å². The maximum Gasteiger partial charge on any atom is 0.325 e. The molecule has 2 N–H and O–H groups in total. The van der Waals surface area contributed by atoms with Gasteiger partial charge in [0.05, 0.1) is 13.2 Å². The molecule has 2 aliphatic heterocycles. The molecule has 2 heterocycles. The summed E-state index contributed by atoms with van der Waals surface area (Å²) in [6.45, 7) is 1.61. The standard InChI is InChI=1S/C8H13N3O3/c1-9-2-3-11-6(12)8(4-14-5-8)10-7(11)13/h9H,2-5H2,1H3,(H,10,13). The zero-order chi connectivity index (χ0) is 10.2. The molecule has 6 nitrogen and oxygen atoms in total. The lowest BCUT2D eigenvalue weighted by atomic mass is 9.98. The van der Waals surface area contributed by atoms with Gasteiger partial charge in [0.2, 0.25) is 0 Å². The van der Waals surface area contributed by atoms with Gasteiger partial charge in [-0.05, 0) is 7.05 Å². The topological polar surface area (TPSA) is 70.7 Å². The van der Waals surface area contributed by atoms with E-state index in [1.165, 1.54) is 4.90 Å². The zero-order valence-electron chi connectivity index (χ0n) is 8.00. The number of nitrogens with one attached hydrogen (secondary N) is 2. The van der Waals surface area contributed by atoms with Gasteiger partial charge in [-0.15, -0.1) is 0 Å². The largest absolute Gasteiger partial charge is 0.375 e. The predicted molar refractivity (Wildman–Crippen MR) is 47.7 cm³/mol. The molecule has 6 heteroatoms. The van der Waals surface area contributed by atoms with Gasteiger partial charge in [0.1, 0.15) is 0 Å². The third-order valence-electron chi connectivity index (χ3n) is 2.53. The monoisotopic (exact) mass is 199 g/mol. The van der Waals surface area contributed by atoms with Gasteiger partial charge in [-0.25, -0.2) is 4.79 Å². The molecule has 2 fully saturated rings. The van der Waals surface area contributed by atoms with E-state index in [2.05, 4.69) is 10.6 Å². The van der Waals surface area contributed by atoms with Gasteiger partial charge in [0.15, 0.2) is 5.54 Å². The molecule has 0 saturated carbocycles. The second-order valence-corrected chi connectivity index (χ2v) is 3.57. The Labute approximate surface area is 81.6 Å². The summed E-state index contributed by atoms with van der Waals surface area (Å²) >= 11 is 0. The molecule has 2 saturated heterocycles. The summed E-state index contributed by atoms with van der Waals surface area (Å²) in [7, 11) is 1.78. The van der Waals surface area contributed by atoms with Crippen molar-refractivity contribution in [3.05, 3.63) is 0 Å². The number of carbonyl (C=O) groups excluding carboxylic acids is 2. The van der Waals surface area contributed by atoms with E-state index in [1.54, 1.807) is 7.05 Å². The van der Waals surface area contributed by atoms with Crippen molar-refractivity contribution in [2.75, 3.05) is 33.4 Å². The Kier molecular flexibility index (Phi) is 2.16. The Balaban J connectivity index is 2.04. The number of urea groups is 1. The molecule has 0 bridgehead atoms. The minimum absolute atomic E-state index is 0.163. The maximum atomic E-state index is 11.8. The summed E-state index contributed by atoms with van der Waals surface area (Å²) in [5, 5.41) is 5.55. The van der Waals surface area contributed by atoms with Crippen molar-refractivity contribution in [1.82, 2.24) is 15.5 Å². The molecule has 0 atom stereocenters. The predicted octanol–water partition coefficient (Wildman–Crippen LogP) is -1.47. The second-order valence-electron chi connectivity index (χ2n) is 3.57. The molecular formula is C8H13N3O3.